The van der Waals surface area contributed by atoms with Crippen molar-refractivity contribution in [3.63, 3.8) is 0 Å². The summed E-state index contributed by atoms with van der Waals surface area (Å²) in [6.45, 7) is 8.52. The van der Waals surface area contributed by atoms with Gasteiger partial charge in [0.15, 0.2) is 0 Å². The van der Waals surface area contributed by atoms with Crippen molar-refractivity contribution in [1.82, 2.24) is 10.2 Å². The van der Waals surface area contributed by atoms with Gasteiger partial charge in [-0.1, -0.05) is 19.8 Å². The molecular weight excluding hydrogens is 200 g/mol. The Morgan fingerprint density at radius 1 is 1.31 bits per heavy atom. The Morgan fingerprint density at radius 2 is 2.00 bits per heavy atom. The summed E-state index contributed by atoms with van der Waals surface area (Å²) in [5, 5.41) is 3.41. The lowest BCUT2D eigenvalue weighted by molar-refractivity contribution is -0.130. The van der Waals surface area contributed by atoms with Crippen molar-refractivity contribution < 1.29 is 4.79 Å². The molecule has 16 heavy (non-hydrogen) atoms. The van der Waals surface area contributed by atoms with Gasteiger partial charge in [0.05, 0.1) is 6.54 Å². The predicted octanol–water partition coefficient (Wildman–Crippen LogP) is 2.02. The van der Waals surface area contributed by atoms with Crippen LogP contribution >= 0.6 is 0 Å². The molecule has 1 N–H and O–H groups in total. The summed E-state index contributed by atoms with van der Waals surface area (Å²) in [6, 6.07) is 0.559. The van der Waals surface area contributed by atoms with Crippen LogP contribution in [0.3, 0.4) is 0 Å². The molecule has 0 aromatic heterocycles. The maximum Gasteiger partial charge on any atom is 0.236 e. The number of likely N-dealkylation sites (N-methyl/N-ethyl adjacent to an activating group) is 1. The molecule has 3 nitrogen and oxygen atoms in total. The van der Waals surface area contributed by atoms with Crippen molar-refractivity contribution in [3.8, 4) is 0 Å². The van der Waals surface area contributed by atoms with E-state index in [1.807, 2.05) is 18.7 Å². The van der Waals surface area contributed by atoms with Crippen molar-refractivity contribution in [3.05, 3.63) is 0 Å². The molecule has 0 radical (unpaired) electrons. The Kier molecular flexibility index (Phi) is 5.81. The van der Waals surface area contributed by atoms with E-state index in [1.165, 1.54) is 25.7 Å². The number of amides is 1. The third-order valence-electron chi connectivity index (χ3n) is 3.59. The molecule has 2 atom stereocenters. The molecule has 3 heteroatoms. The molecule has 0 aromatic rings. The third kappa shape index (κ3) is 4.12. The molecule has 0 saturated heterocycles. The lowest BCUT2D eigenvalue weighted by atomic mass is 9.87. The van der Waals surface area contributed by atoms with E-state index in [4.69, 9.17) is 0 Å². The molecule has 1 rings (SSSR count). The quantitative estimate of drug-likeness (QED) is 0.778. The second-order valence-electron chi connectivity index (χ2n) is 4.92. The SMILES string of the molecule is CCN(CC)C(=O)CNC1CCCC(C)C1. The zero-order chi connectivity index (χ0) is 12.0. The second kappa shape index (κ2) is 6.89. The highest BCUT2D eigenvalue weighted by Crippen LogP contribution is 2.23. The zero-order valence-electron chi connectivity index (χ0n) is 11.0. The van der Waals surface area contributed by atoms with Crippen LogP contribution in [-0.2, 0) is 4.79 Å². The van der Waals surface area contributed by atoms with E-state index >= 15 is 0 Å². The lowest BCUT2D eigenvalue weighted by Crippen LogP contribution is -2.42. The summed E-state index contributed by atoms with van der Waals surface area (Å²) in [5.74, 6) is 1.05. The highest BCUT2D eigenvalue weighted by atomic mass is 16.2. The van der Waals surface area contributed by atoms with Crippen LogP contribution in [0, 0.1) is 5.92 Å². The summed E-state index contributed by atoms with van der Waals surface area (Å²) in [6.07, 6.45) is 5.11. The van der Waals surface area contributed by atoms with Gasteiger partial charge in [-0.3, -0.25) is 4.79 Å². The molecule has 1 aliphatic rings. The Labute approximate surface area is 99.6 Å². The maximum absolute atomic E-state index is 11.8. The first-order valence-electron chi connectivity index (χ1n) is 6.68. The molecule has 1 amide bonds. The average Bonchev–Trinajstić information content (AvgIpc) is 2.28. The predicted molar refractivity (Wildman–Crippen MR) is 67.4 cm³/mol. The zero-order valence-corrected chi connectivity index (χ0v) is 11.0. The van der Waals surface area contributed by atoms with Crippen LogP contribution in [0.2, 0.25) is 0 Å². The highest BCUT2D eigenvalue weighted by molar-refractivity contribution is 5.78. The molecule has 0 heterocycles. The van der Waals surface area contributed by atoms with Crippen LogP contribution in [0.1, 0.15) is 46.5 Å². The standard InChI is InChI=1S/C13H26N2O/c1-4-15(5-2)13(16)10-14-12-8-6-7-11(3)9-12/h11-12,14H,4-10H2,1-3H3. The van der Waals surface area contributed by atoms with Gasteiger partial charge in [0.2, 0.25) is 5.91 Å². The van der Waals surface area contributed by atoms with Gasteiger partial charge in [-0.05, 0) is 32.6 Å². The van der Waals surface area contributed by atoms with Gasteiger partial charge in [-0.2, -0.15) is 0 Å². The van der Waals surface area contributed by atoms with Crippen molar-refractivity contribution >= 4 is 5.91 Å². The molecule has 1 fully saturated rings. The normalized spacial score (nSPS) is 25.4. The molecule has 0 spiro atoms. The van der Waals surface area contributed by atoms with Gasteiger partial charge in [-0.25, -0.2) is 0 Å². The number of hydrogen-bond donors (Lipinski definition) is 1. The fourth-order valence-electron chi connectivity index (χ4n) is 2.54. The number of carbonyl (C=O) groups is 1. The first-order chi connectivity index (χ1) is 7.67. The summed E-state index contributed by atoms with van der Waals surface area (Å²) < 4.78 is 0. The van der Waals surface area contributed by atoms with Crippen molar-refractivity contribution in [2.45, 2.75) is 52.5 Å². The van der Waals surface area contributed by atoms with E-state index in [9.17, 15) is 4.79 Å². The number of hydrogen-bond acceptors (Lipinski definition) is 2. The molecule has 0 aliphatic heterocycles. The van der Waals surface area contributed by atoms with Gasteiger partial charge in [0.25, 0.3) is 0 Å². The summed E-state index contributed by atoms with van der Waals surface area (Å²) in [5.41, 5.74) is 0. The van der Waals surface area contributed by atoms with Crippen molar-refractivity contribution in [2.24, 2.45) is 5.92 Å². The number of nitrogens with zero attached hydrogens (tertiary/aromatic N) is 1. The van der Waals surface area contributed by atoms with Gasteiger partial charge >= 0.3 is 0 Å². The van der Waals surface area contributed by atoms with Crippen molar-refractivity contribution in [1.29, 1.82) is 0 Å². The topological polar surface area (TPSA) is 32.3 Å². The average molecular weight is 226 g/mol. The van der Waals surface area contributed by atoms with Crippen LogP contribution in [0.15, 0.2) is 0 Å². The van der Waals surface area contributed by atoms with Gasteiger partial charge in [0, 0.05) is 19.1 Å². The first kappa shape index (κ1) is 13.5. The third-order valence-corrected chi connectivity index (χ3v) is 3.59. The van der Waals surface area contributed by atoms with E-state index in [-0.39, 0.29) is 5.91 Å². The molecule has 1 saturated carbocycles. The molecule has 0 aromatic carbocycles. The summed E-state index contributed by atoms with van der Waals surface area (Å²) in [4.78, 5) is 13.7. The second-order valence-corrected chi connectivity index (χ2v) is 4.92. The number of rotatable bonds is 5. The monoisotopic (exact) mass is 226 g/mol. The molecule has 94 valence electrons. The van der Waals surface area contributed by atoms with Gasteiger partial charge in [0.1, 0.15) is 0 Å². The largest absolute Gasteiger partial charge is 0.342 e. The number of nitrogens with one attached hydrogen (secondary N) is 1. The van der Waals surface area contributed by atoms with Gasteiger partial charge in [-0.15, -0.1) is 0 Å². The smallest absolute Gasteiger partial charge is 0.236 e. The van der Waals surface area contributed by atoms with E-state index in [1.54, 1.807) is 0 Å². The number of carbonyl (C=O) groups excluding carboxylic acids is 1. The van der Waals surface area contributed by atoms with Crippen molar-refractivity contribution in [2.75, 3.05) is 19.6 Å². The molecule has 1 aliphatic carbocycles. The van der Waals surface area contributed by atoms with E-state index in [2.05, 4.69) is 12.2 Å². The minimum Gasteiger partial charge on any atom is -0.342 e. The minimum absolute atomic E-state index is 0.239. The summed E-state index contributed by atoms with van der Waals surface area (Å²) >= 11 is 0. The first-order valence-corrected chi connectivity index (χ1v) is 6.68. The van der Waals surface area contributed by atoms with E-state index in [0.717, 1.165) is 19.0 Å². The van der Waals surface area contributed by atoms with E-state index in [0.29, 0.717) is 12.6 Å². The fraction of sp³-hybridized carbons (Fsp3) is 0.923. The fourth-order valence-corrected chi connectivity index (χ4v) is 2.54. The van der Waals surface area contributed by atoms with Gasteiger partial charge < -0.3 is 10.2 Å². The van der Waals surface area contributed by atoms with Crippen LogP contribution in [0.4, 0.5) is 0 Å². The Hall–Kier alpha value is -0.570. The highest BCUT2D eigenvalue weighted by Gasteiger charge is 2.19. The minimum atomic E-state index is 0.239. The molecule has 0 bridgehead atoms. The van der Waals surface area contributed by atoms with E-state index < -0.39 is 0 Å². The van der Waals surface area contributed by atoms with Crippen LogP contribution < -0.4 is 5.32 Å². The maximum atomic E-state index is 11.8. The Bertz CT molecular complexity index is 214. The van der Waals surface area contributed by atoms with Crippen LogP contribution in [-0.4, -0.2) is 36.5 Å². The Morgan fingerprint density at radius 3 is 2.56 bits per heavy atom. The lowest BCUT2D eigenvalue weighted by Gasteiger charge is -2.28. The van der Waals surface area contributed by atoms with Crippen LogP contribution in [0.5, 0.6) is 0 Å². The Balaban J connectivity index is 2.25. The molecule has 2 unspecified atom stereocenters. The molecular formula is C13H26N2O. The summed E-state index contributed by atoms with van der Waals surface area (Å²) in [7, 11) is 0. The van der Waals surface area contributed by atoms with Crippen LogP contribution in [0.25, 0.3) is 0 Å².